The molecule has 142 valence electrons. The maximum atomic E-state index is 12.7. The number of hydrogen-bond donors (Lipinski definition) is 1. The van der Waals surface area contributed by atoms with E-state index in [0.717, 1.165) is 6.20 Å². The second-order valence-corrected chi connectivity index (χ2v) is 7.08. The number of halogens is 3. The minimum absolute atomic E-state index is 0.200. The van der Waals surface area contributed by atoms with Crippen molar-refractivity contribution in [2.24, 2.45) is 0 Å². The van der Waals surface area contributed by atoms with Crippen LogP contribution in [-0.2, 0) is 6.18 Å². The lowest BCUT2D eigenvalue weighted by Gasteiger charge is -2.35. The monoisotopic (exact) mass is 387 g/mol. The summed E-state index contributed by atoms with van der Waals surface area (Å²) >= 11 is 0.669. The molecule has 1 aromatic heterocycles. The number of thiazole rings is 1. The van der Waals surface area contributed by atoms with E-state index in [0.29, 0.717) is 54.9 Å². The summed E-state index contributed by atoms with van der Waals surface area (Å²) in [5.74, 6) is 0.709. The first-order valence-corrected chi connectivity index (χ1v) is 9.10. The lowest BCUT2D eigenvalue weighted by Crippen LogP contribution is -2.49. The first-order chi connectivity index (χ1) is 12.4. The fraction of sp³-hybridized carbons (Fsp3) is 0.471. The molecular weight excluding hydrogens is 367 g/mol. The van der Waals surface area contributed by atoms with Crippen LogP contribution < -0.4 is 9.64 Å². The fourth-order valence-corrected chi connectivity index (χ4v) is 3.56. The summed E-state index contributed by atoms with van der Waals surface area (Å²) in [6.45, 7) is 3.14. The van der Waals surface area contributed by atoms with Gasteiger partial charge < -0.3 is 14.7 Å². The summed E-state index contributed by atoms with van der Waals surface area (Å²) < 4.78 is 43.6. The van der Waals surface area contributed by atoms with Gasteiger partial charge in [-0.15, -0.1) is 0 Å². The zero-order chi connectivity index (χ0) is 18.6. The van der Waals surface area contributed by atoms with E-state index in [2.05, 4.69) is 9.88 Å². The van der Waals surface area contributed by atoms with Crippen molar-refractivity contribution in [3.63, 3.8) is 0 Å². The number of aliphatic hydroxyl groups excluding tert-OH is 1. The molecule has 26 heavy (non-hydrogen) atoms. The molecule has 0 aliphatic carbocycles. The summed E-state index contributed by atoms with van der Waals surface area (Å²) in [5.41, 5.74) is 0. The normalized spacial score (nSPS) is 17.3. The number of nitrogens with zero attached hydrogens (tertiary/aromatic N) is 3. The summed E-state index contributed by atoms with van der Waals surface area (Å²) in [6.07, 6.45) is -4.09. The molecule has 0 unspecified atom stereocenters. The van der Waals surface area contributed by atoms with E-state index in [4.69, 9.17) is 4.74 Å². The van der Waals surface area contributed by atoms with E-state index in [9.17, 15) is 18.3 Å². The van der Waals surface area contributed by atoms with Crippen LogP contribution in [0.1, 0.15) is 4.88 Å². The van der Waals surface area contributed by atoms with Crippen molar-refractivity contribution in [2.75, 3.05) is 44.2 Å². The molecule has 0 saturated carbocycles. The summed E-state index contributed by atoms with van der Waals surface area (Å²) in [6, 6.07) is 9.28. The van der Waals surface area contributed by atoms with Crippen LogP contribution in [0, 0.1) is 0 Å². The number of piperazine rings is 1. The van der Waals surface area contributed by atoms with Gasteiger partial charge in [0.05, 0.1) is 6.20 Å². The predicted octanol–water partition coefficient (Wildman–Crippen LogP) is 2.72. The number of aromatic nitrogens is 1. The average molecular weight is 387 g/mol. The third-order valence-corrected chi connectivity index (χ3v) is 5.17. The SMILES string of the molecule is O[C@H](COc1ccccc1)CN1CCN(c2ncc(C(F)(F)F)s2)CC1. The van der Waals surface area contributed by atoms with Crippen molar-refractivity contribution >= 4 is 16.5 Å². The van der Waals surface area contributed by atoms with Gasteiger partial charge in [-0.05, 0) is 12.1 Å². The fourth-order valence-electron chi connectivity index (χ4n) is 2.72. The Morgan fingerprint density at radius 3 is 2.46 bits per heavy atom. The summed E-state index contributed by atoms with van der Waals surface area (Å²) in [4.78, 5) is 7.14. The molecule has 1 atom stereocenters. The van der Waals surface area contributed by atoms with Crippen LogP contribution in [0.25, 0.3) is 0 Å². The van der Waals surface area contributed by atoms with Crippen molar-refractivity contribution in [2.45, 2.75) is 12.3 Å². The number of para-hydroxylation sites is 1. The molecule has 1 aliphatic heterocycles. The molecule has 1 aromatic carbocycles. The largest absolute Gasteiger partial charge is 0.491 e. The van der Waals surface area contributed by atoms with Crippen molar-refractivity contribution in [1.82, 2.24) is 9.88 Å². The lowest BCUT2D eigenvalue weighted by atomic mass is 10.2. The van der Waals surface area contributed by atoms with Crippen LogP contribution >= 0.6 is 11.3 Å². The minimum atomic E-state index is -4.35. The Hall–Kier alpha value is -1.84. The van der Waals surface area contributed by atoms with Crippen LogP contribution in [0.2, 0.25) is 0 Å². The lowest BCUT2D eigenvalue weighted by molar-refractivity contribution is -0.134. The highest BCUT2D eigenvalue weighted by Crippen LogP contribution is 2.36. The highest BCUT2D eigenvalue weighted by atomic mass is 32.1. The Balaban J connectivity index is 1.42. The average Bonchev–Trinajstić information content (AvgIpc) is 3.12. The Bertz CT molecular complexity index is 688. The van der Waals surface area contributed by atoms with Gasteiger partial charge in [-0.2, -0.15) is 13.2 Å². The molecular formula is C17H20F3N3O2S. The first kappa shape index (κ1) is 18.9. The highest BCUT2D eigenvalue weighted by Gasteiger charge is 2.34. The Morgan fingerprint density at radius 2 is 1.85 bits per heavy atom. The van der Waals surface area contributed by atoms with E-state index >= 15 is 0 Å². The number of benzene rings is 1. The zero-order valence-corrected chi connectivity index (χ0v) is 14.8. The third-order valence-electron chi connectivity index (χ3n) is 4.07. The van der Waals surface area contributed by atoms with Crippen LogP contribution in [-0.4, -0.2) is 60.4 Å². The van der Waals surface area contributed by atoms with Gasteiger partial charge in [0.25, 0.3) is 0 Å². The molecule has 1 fully saturated rings. The van der Waals surface area contributed by atoms with Crippen LogP contribution in [0.4, 0.5) is 18.3 Å². The number of rotatable bonds is 6. The first-order valence-electron chi connectivity index (χ1n) is 8.28. The number of anilines is 1. The number of aliphatic hydroxyl groups is 1. The van der Waals surface area contributed by atoms with Crippen LogP contribution in [0.3, 0.4) is 0 Å². The Labute approximate surface area is 153 Å². The van der Waals surface area contributed by atoms with E-state index < -0.39 is 17.2 Å². The molecule has 0 spiro atoms. The molecule has 5 nitrogen and oxygen atoms in total. The van der Waals surface area contributed by atoms with Crippen molar-refractivity contribution in [3.05, 3.63) is 41.4 Å². The standard InChI is InChI=1S/C17H20F3N3O2S/c18-17(19,20)15-10-21-16(26-15)23-8-6-22(7-9-23)11-13(24)12-25-14-4-2-1-3-5-14/h1-5,10,13,24H,6-9,11-12H2/t13-/m0/s1. The highest BCUT2D eigenvalue weighted by molar-refractivity contribution is 7.15. The number of hydrogen-bond acceptors (Lipinski definition) is 6. The van der Waals surface area contributed by atoms with Gasteiger partial charge in [0, 0.05) is 32.7 Å². The Morgan fingerprint density at radius 1 is 1.15 bits per heavy atom. The maximum Gasteiger partial charge on any atom is 0.427 e. The number of alkyl halides is 3. The number of ether oxygens (including phenoxy) is 1. The van der Waals surface area contributed by atoms with Gasteiger partial charge >= 0.3 is 6.18 Å². The summed E-state index contributed by atoms with van der Waals surface area (Å²) in [5, 5.41) is 10.5. The van der Waals surface area contributed by atoms with Crippen LogP contribution in [0.15, 0.2) is 36.5 Å². The number of β-amino-alcohol motifs (C(OH)–C–C–N with tert-alkyl or cyclic N) is 1. The van der Waals surface area contributed by atoms with Gasteiger partial charge in [-0.25, -0.2) is 4.98 Å². The molecule has 3 rings (SSSR count). The predicted molar refractivity (Wildman–Crippen MR) is 93.7 cm³/mol. The maximum absolute atomic E-state index is 12.7. The van der Waals surface area contributed by atoms with E-state index in [-0.39, 0.29) is 6.61 Å². The van der Waals surface area contributed by atoms with E-state index in [1.165, 1.54) is 0 Å². The van der Waals surface area contributed by atoms with Gasteiger partial charge in [0.1, 0.15) is 23.3 Å². The molecule has 2 heterocycles. The Kier molecular flexibility index (Phi) is 6.00. The minimum Gasteiger partial charge on any atom is -0.491 e. The molecule has 9 heteroatoms. The van der Waals surface area contributed by atoms with E-state index in [1.807, 2.05) is 35.2 Å². The van der Waals surface area contributed by atoms with Crippen molar-refractivity contribution in [1.29, 1.82) is 0 Å². The van der Waals surface area contributed by atoms with E-state index in [1.54, 1.807) is 0 Å². The molecule has 2 aromatic rings. The second-order valence-electron chi connectivity index (χ2n) is 6.07. The molecule has 0 amide bonds. The molecule has 0 bridgehead atoms. The summed E-state index contributed by atoms with van der Waals surface area (Å²) in [7, 11) is 0. The van der Waals surface area contributed by atoms with Crippen molar-refractivity contribution in [3.8, 4) is 5.75 Å². The molecule has 0 radical (unpaired) electrons. The second kappa shape index (κ2) is 8.24. The smallest absolute Gasteiger partial charge is 0.427 e. The van der Waals surface area contributed by atoms with Gasteiger partial charge in [0.15, 0.2) is 5.13 Å². The van der Waals surface area contributed by atoms with Gasteiger partial charge in [-0.1, -0.05) is 29.5 Å². The topological polar surface area (TPSA) is 48.8 Å². The zero-order valence-electron chi connectivity index (χ0n) is 14.0. The van der Waals surface area contributed by atoms with Crippen molar-refractivity contribution < 1.29 is 23.0 Å². The van der Waals surface area contributed by atoms with Crippen LogP contribution in [0.5, 0.6) is 5.75 Å². The van der Waals surface area contributed by atoms with Gasteiger partial charge in [-0.3, -0.25) is 4.90 Å². The van der Waals surface area contributed by atoms with Gasteiger partial charge in [0.2, 0.25) is 0 Å². The quantitative estimate of drug-likeness (QED) is 0.826. The third kappa shape index (κ3) is 5.09. The molecule has 1 saturated heterocycles. The molecule has 1 N–H and O–H groups in total. The molecule has 1 aliphatic rings.